The molecule has 0 radical (unpaired) electrons. The zero-order valence-electron chi connectivity index (χ0n) is 7.71. The summed E-state index contributed by atoms with van der Waals surface area (Å²) in [6.45, 7) is 2.37. The Hall–Kier alpha value is 0.100. The second-order valence-electron chi connectivity index (χ2n) is 3.11. The molecule has 1 rings (SSSR count). The van der Waals surface area contributed by atoms with Gasteiger partial charge in [0.15, 0.2) is 0 Å². The largest absolute Gasteiger partial charge is 0.385 e. The van der Waals surface area contributed by atoms with Crippen molar-refractivity contribution in [2.24, 2.45) is 0 Å². The van der Waals surface area contributed by atoms with E-state index < -0.39 is 5.60 Å². The Kier molecular flexibility index (Phi) is 3.91. The van der Waals surface area contributed by atoms with Gasteiger partial charge in [0.05, 0.1) is 10.5 Å². The minimum absolute atomic E-state index is 0.567. The fraction of sp³-hybridized carbons (Fsp3) is 0.556. The van der Waals surface area contributed by atoms with Crippen LogP contribution in [0.15, 0.2) is 15.9 Å². The van der Waals surface area contributed by atoms with Gasteiger partial charge in [-0.15, -0.1) is 11.3 Å². The molecule has 4 heteroatoms. The first-order chi connectivity index (χ1) is 6.08. The summed E-state index contributed by atoms with van der Waals surface area (Å²) in [6.07, 6.45) is 0.614. The van der Waals surface area contributed by atoms with Crippen molar-refractivity contribution in [1.29, 1.82) is 0 Å². The predicted octanol–water partition coefficient (Wildman–Crippen LogP) is 2.75. The fourth-order valence-corrected chi connectivity index (χ4v) is 2.98. The number of methoxy groups -OCH3 is 1. The van der Waals surface area contributed by atoms with Gasteiger partial charge in [0.1, 0.15) is 0 Å². The monoisotopic (exact) mass is 264 g/mol. The number of rotatable bonds is 4. The van der Waals surface area contributed by atoms with Crippen molar-refractivity contribution in [3.05, 3.63) is 20.8 Å². The highest BCUT2D eigenvalue weighted by Crippen LogP contribution is 2.35. The lowest BCUT2D eigenvalue weighted by Crippen LogP contribution is -2.22. The maximum Gasteiger partial charge on any atom is 0.0993 e. The average molecular weight is 265 g/mol. The van der Waals surface area contributed by atoms with Gasteiger partial charge >= 0.3 is 0 Å². The Labute approximate surface area is 90.7 Å². The molecule has 1 aromatic rings. The van der Waals surface area contributed by atoms with Gasteiger partial charge in [-0.3, -0.25) is 0 Å². The highest BCUT2D eigenvalue weighted by Gasteiger charge is 2.26. The van der Waals surface area contributed by atoms with Gasteiger partial charge in [-0.05, 0) is 34.3 Å². The second-order valence-corrected chi connectivity index (χ2v) is 4.88. The number of halogens is 1. The lowest BCUT2D eigenvalue weighted by Gasteiger charge is -2.21. The van der Waals surface area contributed by atoms with E-state index in [0.717, 1.165) is 9.35 Å². The Bertz CT molecular complexity index is 270. The SMILES string of the molecule is COCCC(C)(O)c1sccc1Br. The molecular formula is C9H13BrO2S. The van der Waals surface area contributed by atoms with Gasteiger partial charge in [-0.25, -0.2) is 0 Å². The number of hydrogen-bond acceptors (Lipinski definition) is 3. The summed E-state index contributed by atoms with van der Waals surface area (Å²) in [7, 11) is 1.64. The normalized spacial score (nSPS) is 15.7. The van der Waals surface area contributed by atoms with Crippen LogP contribution in [0.3, 0.4) is 0 Å². The molecule has 0 spiro atoms. The molecule has 13 heavy (non-hydrogen) atoms. The number of hydrogen-bond donors (Lipinski definition) is 1. The van der Waals surface area contributed by atoms with E-state index >= 15 is 0 Å². The van der Waals surface area contributed by atoms with E-state index in [1.807, 2.05) is 18.4 Å². The van der Waals surface area contributed by atoms with Crippen LogP contribution in [0.4, 0.5) is 0 Å². The number of aliphatic hydroxyl groups is 1. The van der Waals surface area contributed by atoms with Crippen molar-refractivity contribution < 1.29 is 9.84 Å². The summed E-state index contributed by atoms with van der Waals surface area (Å²) in [6, 6.07) is 1.95. The van der Waals surface area contributed by atoms with E-state index in [9.17, 15) is 5.11 Å². The molecule has 74 valence electrons. The van der Waals surface area contributed by atoms with Gasteiger partial charge in [0, 0.05) is 24.6 Å². The van der Waals surface area contributed by atoms with Gasteiger partial charge < -0.3 is 9.84 Å². The van der Waals surface area contributed by atoms with Crippen molar-refractivity contribution in [3.8, 4) is 0 Å². The van der Waals surface area contributed by atoms with Gasteiger partial charge in [-0.2, -0.15) is 0 Å². The highest BCUT2D eigenvalue weighted by molar-refractivity contribution is 9.10. The van der Waals surface area contributed by atoms with E-state index in [4.69, 9.17) is 4.74 Å². The van der Waals surface area contributed by atoms with E-state index in [1.54, 1.807) is 18.4 Å². The Morgan fingerprint density at radius 1 is 1.69 bits per heavy atom. The Balaban J connectivity index is 2.74. The molecule has 0 aliphatic heterocycles. The Morgan fingerprint density at radius 2 is 2.38 bits per heavy atom. The highest BCUT2D eigenvalue weighted by atomic mass is 79.9. The van der Waals surface area contributed by atoms with Crippen molar-refractivity contribution in [1.82, 2.24) is 0 Å². The van der Waals surface area contributed by atoms with Crippen molar-refractivity contribution in [2.75, 3.05) is 13.7 Å². The van der Waals surface area contributed by atoms with Gasteiger partial charge in [0.25, 0.3) is 0 Å². The van der Waals surface area contributed by atoms with E-state index in [2.05, 4.69) is 15.9 Å². The summed E-state index contributed by atoms with van der Waals surface area (Å²) in [5.41, 5.74) is -0.789. The average Bonchev–Trinajstić information content (AvgIpc) is 2.48. The molecule has 0 fully saturated rings. The van der Waals surface area contributed by atoms with E-state index in [0.29, 0.717) is 13.0 Å². The Morgan fingerprint density at radius 3 is 2.85 bits per heavy atom. The van der Waals surface area contributed by atoms with Crippen LogP contribution in [0.1, 0.15) is 18.2 Å². The van der Waals surface area contributed by atoms with Crippen LogP contribution in [0.25, 0.3) is 0 Å². The molecule has 1 aromatic heterocycles. The molecule has 1 atom stereocenters. The van der Waals surface area contributed by atoms with Crippen molar-refractivity contribution >= 4 is 27.3 Å². The molecule has 1 heterocycles. The molecule has 2 nitrogen and oxygen atoms in total. The maximum absolute atomic E-state index is 10.1. The van der Waals surface area contributed by atoms with E-state index in [-0.39, 0.29) is 0 Å². The van der Waals surface area contributed by atoms with Crippen LogP contribution in [-0.4, -0.2) is 18.8 Å². The van der Waals surface area contributed by atoms with Crippen LogP contribution in [-0.2, 0) is 10.3 Å². The first-order valence-corrected chi connectivity index (χ1v) is 5.70. The summed E-state index contributed by atoms with van der Waals surface area (Å²) in [4.78, 5) is 0.963. The molecule has 0 saturated heterocycles. The first-order valence-electron chi connectivity index (χ1n) is 4.02. The third kappa shape index (κ3) is 2.77. The third-order valence-corrected chi connectivity index (χ3v) is 3.99. The van der Waals surface area contributed by atoms with Crippen molar-refractivity contribution in [3.63, 3.8) is 0 Å². The zero-order chi connectivity index (χ0) is 9.90. The van der Waals surface area contributed by atoms with Gasteiger partial charge in [0.2, 0.25) is 0 Å². The summed E-state index contributed by atoms with van der Waals surface area (Å²) in [5.74, 6) is 0. The standard InChI is InChI=1S/C9H13BrO2S/c1-9(11,4-5-12-2)8-7(10)3-6-13-8/h3,6,11H,4-5H2,1-2H3. The second kappa shape index (κ2) is 4.55. The topological polar surface area (TPSA) is 29.5 Å². The molecule has 0 aromatic carbocycles. The summed E-state index contributed by atoms with van der Waals surface area (Å²) < 4.78 is 5.92. The summed E-state index contributed by atoms with van der Waals surface area (Å²) in [5, 5.41) is 12.0. The van der Waals surface area contributed by atoms with Crippen LogP contribution >= 0.6 is 27.3 Å². The molecule has 0 bridgehead atoms. The van der Waals surface area contributed by atoms with Crippen LogP contribution in [0.2, 0.25) is 0 Å². The van der Waals surface area contributed by atoms with Crippen LogP contribution in [0, 0.1) is 0 Å². The molecule has 0 saturated carbocycles. The van der Waals surface area contributed by atoms with Crippen LogP contribution in [0.5, 0.6) is 0 Å². The minimum atomic E-state index is -0.789. The number of thiophene rings is 1. The maximum atomic E-state index is 10.1. The molecule has 1 unspecified atom stereocenters. The minimum Gasteiger partial charge on any atom is -0.385 e. The lowest BCUT2D eigenvalue weighted by atomic mass is 10.0. The smallest absolute Gasteiger partial charge is 0.0993 e. The molecule has 0 aliphatic rings. The van der Waals surface area contributed by atoms with Crippen molar-refractivity contribution in [2.45, 2.75) is 18.9 Å². The molecule has 0 aliphatic carbocycles. The summed E-state index contributed by atoms with van der Waals surface area (Å²) >= 11 is 4.96. The van der Waals surface area contributed by atoms with Gasteiger partial charge in [-0.1, -0.05) is 0 Å². The zero-order valence-corrected chi connectivity index (χ0v) is 10.1. The predicted molar refractivity (Wildman–Crippen MR) is 58.1 cm³/mol. The molecule has 0 amide bonds. The number of ether oxygens (including phenoxy) is 1. The quantitative estimate of drug-likeness (QED) is 0.907. The first kappa shape index (κ1) is 11.2. The van der Waals surface area contributed by atoms with Crippen LogP contribution < -0.4 is 0 Å². The fourth-order valence-electron chi connectivity index (χ4n) is 1.09. The lowest BCUT2D eigenvalue weighted by molar-refractivity contribution is 0.0236. The third-order valence-electron chi connectivity index (χ3n) is 1.90. The van der Waals surface area contributed by atoms with E-state index in [1.165, 1.54) is 0 Å². The molecule has 1 N–H and O–H groups in total. The molecular weight excluding hydrogens is 252 g/mol.